The topological polar surface area (TPSA) is 75.3 Å². The van der Waals surface area contributed by atoms with Crippen molar-refractivity contribution in [1.82, 2.24) is 10.0 Å². The van der Waals surface area contributed by atoms with E-state index in [1.54, 1.807) is 24.3 Å². The van der Waals surface area contributed by atoms with Gasteiger partial charge in [-0.3, -0.25) is 4.79 Å². The van der Waals surface area contributed by atoms with Crippen molar-refractivity contribution in [2.24, 2.45) is 0 Å². The Balaban J connectivity index is 1.79. The first-order chi connectivity index (χ1) is 12.9. The third-order valence-corrected chi connectivity index (χ3v) is 6.42. The number of rotatable bonds is 7. The fourth-order valence-electron chi connectivity index (χ4n) is 3.38. The Morgan fingerprint density at radius 3 is 2.30 bits per heavy atom. The monoisotopic (exact) mass is 386 g/mol. The van der Waals surface area contributed by atoms with Gasteiger partial charge in [0.15, 0.2) is 0 Å². The Kier molecular flexibility index (Phi) is 6.29. The van der Waals surface area contributed by atoms with E-state index < -0.39 is 16.1 Å². The molecular formula is C21H26N2O3S. The molecule has 3 rings (SSSR count). The largest absolute Gasteiger partial charge is 0.352 e. The van der Waals surface area contributed by atoms with E-state index in [0.717, 1.165) is 36.8 Å². The summed E-state index contributed by atoms with van der Waals surface area (Å²) in [6, 6.07) is 15.4. The Bertz CT molecular complexity index is 858. The summed E-state index contributed by atoms with van der Waals surface area (Å²) in [5.74, 6) is -0.263. The van der Waals surface area contributed by atoms with Gasteiger partial charge in [-0.15, -0.1) is 0 Å². The van der Waals surface area contributed by atoms with Crippen LogP contribution in [0.1, 0.15) is 36.8 Å². The van der Waals surface area contributed by atoms with E-state index in [1.165, 1.54) is 0 Å². The van der Waals surface area contributed by atoms with Crippen LogP contribution in [0.3, 0.4) is 0 Å². The van der Waals surface area contributed by atoms with E-state index in [2.05, 4.69) is 10.0 Å². The van der Waals surface area contributed by atoms with Crippen LogP contribution in [0.5, 0.6) is 0 Å². The van der Waals surface area contributed by atoms with Crippen molar-refractivity contribution in [3.63, 3.8) is 0 Å². The van der Waals surface area contributed by atoms with E-state index in [0.29, 0.717) is 6.42 Å². The summed E-state index contributed by atoms with van der Waals surface area (Å²) in [7, 11) is -3.79. The highest BCUT2D eigenvalue weighted by molar-refractivity contribution is 7.89. The van der Waals surface area contributed by atoms with E-state index in [-0.39, 0.29) is 16.8 Å². The van der Waals surface area contributed by atoms with E-state index in [4.69, 9.17) is 0 Å². The number of carbonyl (C=O) groups is 1. The zero-order valence-corrected chi connectivity index (χ0v) is 16.3. The van der Waals surface area contributed by atoms with Gasteiger partial charge in [-0.1, -0.05) is 60.9 Å². The molecule has 6 heteroatoms. The number of benzene rings is 2. The number of aryl methyl sites for hydroxylation is 1. The van der Waals surface area contributed by atoms with E-state index >= 15 is 0 Å². The molecule has 2 aromatic rings. The summed E-state index contributed by atoms with van der Waals surface area (Å²) >= 11 is 0. The van der Waals surface area contributed by atoms with Gasteiger partial charge in [0.2, 0.25) is 15.9 Å². The van der Waals surface area contributed by atoms with Gasteiger partial charge in [-0.25, -0.2) is 8.42 Å². The van der Waals surface area contributed by atoms with Crippen LogP contribution in [0.4, 0.5) is 0 Å². The number of sulfonamides is 1. The first-order valence-electron chi connectivity index (χ1n) is 9.37. The van der Waals surface area contributed by atoms with Crippen LogP contribution in [-0.2, 0) is 21.2 Å². The highest BCUT2D eigenvalue weighted by atomic mass is 32.2. The fourth-order valence-corrected chi connectivity index (χ4v) is 4.58. The molecule has 0 aliphatic heterocycles. The zero-order chi connectivity index (χ0) is 19.3. The maximum atomic E-state index is 12.8. The highest BCUT2D eigenvalue weighted by Crippen LogP contribution is 2.18. The average Bonchev–Trinajstić information content (AvgIpc) is 3.15. The first-order valence-corrected chi connectivity index (χ1v) is 10.9. The molecular weight excluding hydrogens is 360 g/mol. The SMILES string of the molecule is Cc1ccc(S(=O)(=O)NC(Cc2ccccc2)C(=O)NC2CCCC2)cc1. The molecule has 0 radical (unpaired) electrons. The molecule has 1 aliphatic carbocycles. The van der Waals surface area contributed by atoms with Gasteiger partial charge < -0.3 is 5.32 Å². The third-order valence-electron chi connectivity index (χ3n) is 4.93. The van der Waals surface area contributed by atoms with Crippen LogP contribution >= 0.6 is 0 Å². The van der Waals surface area contributed by atoms with Crippen LogP contribution < -0.4 is 10.0 Å². The summed E-state index contributed by atoms with van der Waals surface area (Å²) in [4.78, 5) is 13.0. The van der Waals surface area contributed by atoms with Gasteiger partial charge in [0.25, 0.3) is 0 Å². The lowest BCUT2D eigenvalue weighted by atomic mass is 10.1. The lowest BCUT2D eigenvalue weighted by Crippen LogP contribution is -2.50. The molecule has 1 fully saturated rings. The summed E-state index contributed by atoms with van der Waals surface area (Å²) in [6.45, 7) is 1.90. The number of hydrogen-bond acceptors (Lipinski definition) is 3. The highest BCUT2D eigenvalue weighted by Gasteiger charge is 2.28. The van der Waals surface area contributed by atoms with Crippen LogP contribution in [0.2, 0.25) is 0 Å². The molecule has 0 saturated heterocycles. The molecule has 2 N–H and O–H groups in total. The maximum Gasteiger partial charge on any atom is 0.241 e. The normalized spacial score (nSPS) is 16.2. The predicted molar refractivity (Wildman–Crippen MR) is 106 cm³/mol. The van der Waals surface area contributed by atoms with Gasteiger partial charge in [0.05, 0.1) is 4.90 Å². The van der Waals surface area contributed by atoms with Crippen molar-refractivity contribution in [2.45, 2.75) is 56.0 Å². The molecule has 144 valence electrons. The summed E-state index contributed by atoms with van der Waals surface area (Å²) in [6.07, 6.45) is 4.42. The molecule has 1 saturated carbocycles. The molecule has 0 spiro atoms. The van der Waals surface area contributed by atoms with Crippen molar-refractivity contribution in [2.75, 3.05) is 0 Å². The molecule has 2 aromatic carbocycles. The zero-order valence-electron chi connectivity index (χ0n) is 15.5. The second-order valence-electron chi connectivity index (χ2n) is 7.17. The molecule has 27 heavy (non-hydrogen) atoms. The van der Waals surface area contributed by atoms with E-state index in [1.807, 2.05) is 37.3 Å². The Labute approximate surface area is 161 Å². The van der Waals surface area contributed by atoms with Crippen molar-refractivity contribution < 1.29 is 13.2 Å². The first kappa shape index (κ1) is 19.6. The minimum absolute atomic E-state index is 0.139. The van der Waals surface area contributed by atoms with Crippen molar-refractivity contribution >= 4 is 15.9 Å². The van der Waals surface area contributed by atoms with Crippen molar-refractivity contribution in [3.05, 3.63) is 65.7 Å². The van der Waals surface area contributed by atoms with Crippen LogP contribution in [-0.4, -0.2) is 26.4 Å². The molecule has 0 aromatic heterocycles. The molecule has 1 atom stereocenters. The predicted octanol–water partition coefficient (Wildman–Crippen LogP) is 2.94. The molecule has 0 bridgehead atoms. The summed E-state index contributed by atoms with van der Waals surface area (Å²) in [5, 5.41) is 3.02. The smallest absolute Gasteiger partial charge is 0.241 e. The number of nitrogens with one attached hydrogen (secondary N) is 2. The van der Waals surface area contributed by atoms with Crippen LogP contribution in [0.15, 0.2) is 59.5 Å². The summed E-state index contributed by atoms with van der Waals surface area (Å²) < 4.78 is 28.2. The van der Waals surface area contributed by atoms with Crippen molar-refractivity contribution in [3.8, 4) is 0 Å². The lowest BCUT2D eigenvalue weighted by Gasteiger charge is -2.21. The lowest BCUT2D eigenvalue weighted by molar-refractivity contribution is -0.123. The number of hydrogen-bond donors (Lipinski definition) is 2. The van der Waals surface area contributed by atoms with Gasteiger partial charge in [-0.2, -0.15) is 4.72 Å². The molecule has 0 heterocycles. The molecule has 1 aliphatic rings. The quantitative estimate of drug-likeness (QED) is 0.768. The van der Waals surface area contributed by atoms with Crippen LogP contribution in [0.25, 0.3) is 0 Å². The third kappa shape index (κ3) is 5.40. The number of carbonyl (C=O) groups excluding carboxylic acids is 1. The summed E-state index contributed by atoms with van der Waals surface area (Å²) in [5.41, 5.74) is 1.89. The Morgan fingerprint density at radius 2 is 1.67 bits per heavy atom. The van der Waals surface area contributed by atoms with Gasteiger partial charge >= 0.3 is 0 Å². The number of amides is 1. The second kappa shape index (κ2) is 8.67. The maximum absolute atomic E-state index is 12.8. The second-order valence-corrected chi connectivity index (χ2v) is 8.88. The minimum Gasteiger partial charge on any atom is -0.352 e. The Morgan fingerprint density at radius 1 is 1.04 bits per heavy atom. The van der Waals surface area contributed by atoms with Crippen molar-refractivity contribution in [1.29, 1.82) is 0 Å². The van der Waals surface area contributed by atoms with Gasteiger partial charge in [-0.05, 0) is 43.9 Å². The average molecular weight is 387 g/mol. The van der Waals surface area contributed by atoms with Gasteiger partial charge in [0.1, 0.15) is 6.04 Å². The fraction of sp³-hybridized carbons (Fsp3) is 0.381. The molecule has 1 amide bonds. The molecule has 5 nitrogen and oxygen atoms in total. The van der Waals surface area contributed by atoms with Crippen LogP contribution in [0, 0.1) is 6.92 Å². The Hall–Kier alpha value is -2.18. The molecule has 1 unspecified atom stereocenters. The minimum atomic E-state index is -3.79. The van der Waals surface area contributed by atoms with Gasteiger partial charge in [0, 0.05) is 6.04 Å². The standard InChI is InChI=1S/C21H26N2O3S/c1-16-11-13-19(14-12-16)27(25,26)23-20(15-17-7-3-2-4-8-17)21(24)22-18-9-5-6-10-18/h2-4,7-8,11-14,18,20,23H,5-6,9-10,15H2,1H3,(H,22,24). The van der Waals surface area contributed by atoms with E-state index in [9.17, 15) is 13.2 Å².